The Balaban J connectivity index is 3.79. The minimum atomic E-state index is -4.64. The molecular weight excluding hydrogens is 276 g/mol. The van der Waals surface area contributed by atoms with Gasteiger partial charge < -0.3 is 14.9 Å². The van der Waals surface area contributed by atoms with Crippen molar-refractivity contribution in [1.82, 2.24) is 4.98 Å². The molecule has 2 N–H and O–H groups in total. The van der Waals surface area contributed by atoms with Crippen molar-refractivity contribution < 1.29 is 26.9 Å². The van der Waals surface area contributed by atoms with Crippen LogP contribution >= 0.6 is 0 Å². The third kappa shape index (κ3) is 2.51. The van der Waals surface area contributed by atoms with Crippen LogP contribution in [0.15, 0.2) is 11.1 Å². The summed E-state index contributed by atoms with van der Waals surface area (Å²) in [4.78, 5) is 11.3. The summed E-state index contributed by atoms with van der Waals surface area (Å²) in [6.07, 6.45) is -2.65. The molecule has 18 heavy (non-hydrogen) atoms. The van der Waals surface area contributed by atoms with Gasteiger partial charge in [0.05, 0.1) is 7.11 Å². The molecule has 0 saturated heterocycles. The lowest BCUT2D eigenvalue weighted by Crippen LogP contribution is -2.17. The fourth-order valence-corrected chi connectivity index (χ4v) is 2.07. The number of nitro groups is 1. The molecular formula is C7H7F2N3O5S. The van der Waals surface area contributed by atoms with Gasteiger partial charge in [-0.1, -0.05) is 0 Å². The quantitative estimate of drug-likeness (QED) is 0.636. The zero-order chi connectivity index (χ0) is 14.1. The lowest BCUT2D eigenvalue weighted by Gasteiger charge is -2.10. The minimum Gasteiger partial charge on any atom is -0.494 e. The molecule has 0 unspecified atom stereocenters. The van der Waals surface area contributed by atoms with Crippen molar-refractivity contribution in [3.63, 3.8) is 0 Å². The average molecular weight is 283 g/mol. The number of rotatable bonds is 4. The van der Waals surface area contributed by atoms with Crippen molar-refractivity contribution in [1.29, 1.82) is 0 Å². The second-order valence-electron chi connectivity index (χ2n) is 3.00. The highest BCUT2D eigenvalue weighted by Crippen LogP contribution is 2.37. The number of pyridine rings is 1. The van der Waals surface area contributed by atoms with Gasteiger partial charge in [-0.25, -0.2) is 22.3 Å². The smallest absolute Gasteiger partial charge is 0.387 e. The number of hydrogen-bond acceptors (Lipinski definition) is 6. The third-order valence-corrected chi connectivity index (χ3v) is 2.83. The van der Waals surface area contributed by atoms with E-state index in [0.717, 1.165) is 7.11 Å². The first-order chi connectivity index (χ1) is 8.20. The van der Waals surface area contributed by atoms with E-state index in [9.17, 15) is 27.3 Å². The van der Waals surface area contributed by atoms with Gasteiger partial charge in [0.1, 0.15) is 5.56 Å². The van der Waals surface area contributed by atoms with Gasteiger partial charge in [-0.05, 0) is 9.91 Å². The minimum absolute atomic E-state index is 0.469. The van der Waals surface area contributed by atoms with E-state index in [0.29, 0.717) is 6.20 Å². The summed E-state index contributed by atoms with van der Waals surface area (Å²) in [5.74, 6) is -2.05. The largest absolute Gasteiger partial charge is 0.494 e. The zero-order valence-electron chi connectivity index (χ0n) is 8.83. The molecule has 1 aromatic rings. The Morgan fingerprint density at radius 3 is 2.44 bits per heavy atom. The van der Waals surface area contributed by atoms with Gasteiger partial charge in [0.2, 0.25) is 14.9 Å². The number of methoxy groups -OCH3 is 1. The van der Waals surface area contributed by atoms with Gasteiger partial charge in [-0.2, -0.15) is 0 Å². The number of sulfonamides is 1. The molecule has 0 aromatic carbocycles. The first kappa shape index (κ1) is 14.2. The summed E-state index contributed by atoms with van der Waals surface area (Å²) >= 11 is 0. The monoisotopic (exact) mass is 283 g/mol. The number of primary sulfonamides is 1. The van der Waals surface area contributed by atoms with Crippen LogP contribution in [-0.2, 0) is 10.0 Å². The molecule has 0 fully saturated rings. The molecule has 1 aromatic heterocycles. The molecule has 0 aliphatic rings. The van der Waals surface area contributed by atoms with E-state index in [1.807, 2.05) is 0 Å². The maximum absolute atomic E-state index is 12.6. The van der Waals surface area contributed by atoms with E-state index in [1.165, 1.54) is 0 Å². The van der Waals surface area contributed by atoms with Crippen LogP contribution in [0.3, 0.4) is 0 Å². The second kappa shape index (κ2) is 4.78. The second-order valence-corrected chi connectivity index (χ2v) is 4.50. The van der Waals surface area contributed by atoms with Crippen molar-refractivity contribution in [3.05, 3.63) is 21.9 Å². The van der Waals surface area contributed by atoms with Crippen LogP contribution in [0.5, 0.6) is 5.75 Å². The SMILES string of the molecule is COc1c(C(F)F)cnc([N+](=O)[O-])c1S(N)(=O)=O. The normalized spacial score (nSPS) is 11.6. The topological polar surface area (TPSA) is 125 Å². The van der Waals surface area contributed by atoms with E-state index < -0.39 is 43.4 Å². The first-order valence-electron chi connectivity index (χ1n) is 4.22. The summed E-state index contributed by atoms with van der Waals surface area (Å²) in [6, 6.07) is 0. The van der Waals surface area contributed by atoms with Crippen LogP contribution in [-0.4, -0.2) is 25.4 Å². The van der Waals surface area contributed by atoms with Crippen LogP contribution < -0.4 is 9.88 Å². The van der Waals surface area contributed by atoms with Crippen molar-refractivity contribution in [2.75, 3.05) is 7.11 Å². The Labute approximate surface area is 99.6 Å². The lowest BCUT2D eigenvalue weighted by atomic mass is 10.2. The summed E-state index contributed by atoms with van der Waals surface area (Å²) in [6.45, 7) is 0. The van der Waals surface area contributed by atoms with Crippen molar-refractivity contribution in [2.45, 2.75) is 11.3 Å². The number of ether oxygens (including phenoxy) is 1. The first-order valence-corrected chi connectivity index (χ1v) is 5.77. The lowest BCUT2D eigenvalue weighted by molar-refractivity contribution is -0.392. The van der Waals surface area contributed by atoms with Crippen LogP contribution in [0, 0.1) is 10.1 Å². The fraction of sp³-hybridized carbons (Fsp3) is 0.286. The molecule has 0 saturated carbocycles. The Morgan fingerprint density at radius 2 is 2.11 bits per heavy atom. The molecule has 100 valence electrons. The molecule has 0 amide bonds. The molecule has 0 atom stereocenters. The number of nitrogens with two attached hydrogens (primary N) is 1. The van der Waals surface area contributed by atoms with Crippen LogP contribution in [0.4, 0.5) is 14.6 Å². The highest BCUT2D eigenvalue weighted by molar-refractivity contribution is 7.89. The number of alkyl halides is 2. The van der Waals surface area contributed by atoms with Gasteiger partial charge in [-0.15, -0.1) is 0 Å². The standard InChI is InChI=1S/C7H7F2N3O5S/c1-17-4-3(6(8)9)2-11-7(12(13)14)5(4)18(10,15)16/h2,6H,1H3,(H2,10,15,16). The van der Waals surface area contributed by atoms with E-state index in [-0.39, 0.29) is 0 Å². The highest BCUT2D eigenvalue weighted by Gasteiger charge is 2.34. The van der Waals surface area contributed by atoms with E-state index >= 15 is 0 Å². The Bertz CT molecular complexity index is 589. The Kier molecular flexibility index (Phi) is 3.76. The van der Waals surface area contributed by atoms with Crippen molar-refractivity contribution in [2.24, 2.45) is 5.14 Å². The number of aromatic nitrogens is 1. The van der Waals surface area contributed by atoms with Crippen LogP contribution in [0.25, 0.3) is 0 Å². The molecule has 1 rings (SSSR count). The number of hydrogen-bond donors (Lipinski definition) is 1. The fourth-order valence-electron chi connectivity index (χ4n) is 1.23. The maximum atomic E-state index is 12.6. The van der Waals surface area contributed by atoms with E-state index in [4.69, 9.17) is 5.14 Å². The Morgan fingerprint density at radius 1 is 1.56 bits per heavy atom. The van der Waals surface area contributed by atoms with Gasteiger partial charge in [0.15, 0.2) is 11.9 Å². The molecule has 0 aliphatic carbocycles. The predicted octanol–water partition coefficient (Wildman–Crippen LogP) is 0.583. The molecule has 0 spiro atoms. The van der Waals surface area contributed by atoms with Gasteiger partial charge in [0, 0.05) is 0 Å². The number of halogens is 2. The van der Waals surface area contributed by atoms with E-state index in [2.05, 4.69) is 9.72 Å². The molecule has 0 aliphatic heterocycles. The van der Waals surface area contributed by atoms with Gasteiger partial charge >= 0.3 is 5.82 Å². The molecule has 0 radical (unpaired) electrons. The molecule has 8 nitrogen and oxygen atoms in total. The summed E-state index contributed by atoms with van der Waals surface area (Å²) in [5, 5.41) is 15.3. The summed E-state index contributed by atoms with van der Waals surface area (Å²) in [7, 11) is -3.75. The highest BCUT2D eigenvalue weighted by atomic mass is 32.2. The molecule has 0 bridgehead atoms. The van der Waals surface area contributed by atoms with Crippen LogP contribution in [0.1, 0.15) is 12.0 Å². The Hall–Kier alpha value is -1.88. The summed E-state index contributed by atoms with van der Waals surface area (Å²) in [5.41, 5.74) is -0.896. The average Bonchev–Trinajstić information content (AvgIpc) is 2.25. The van der Waals surface area contributed by atoms with Crippen molar-refractivity contribution in [3.8, 4) is 5.75 Å². The zero-order valence-corrected chi connectivity index (χ0v) is 9.65. The molecule has 1 heterocycles. The van der Waals surface area contributed by atoms with Gasteiger partial charge in [0.25, 0.3) is 6.43 Å². The van der Waals surface area contributed by atoms with Crippen LogP contribution in [0.2, 0.25) is 0 Å². The van der Waals surface area contributed by atoms with E-state index in [1.54, 1.807) is 0 Å². The maximum Gasteiger partial charge on any atom is 0.387 e. The third-order valence-electron chi connectivity index (χ3n) is 1.89. The predicted molar refractivity (Wildman–Crippen MR) is 53.8 cm³/mol. The van der Waals surface area contributed by atoms with Crippen molar-refractivity contribution >= 4 is 15.8 Å². The summed E-state index contributed by atoms with van der Waals surface area (Å²) < 4.78 is 52.1. The van der Waals surface area contributed by atoms with Gasteiger partial charge in [-0.3, -0.25) is 0 Å². The molecule has 11 heteroatoms. The number of nitrogens with zero attached hydrogens (tertiary/aromatic N) is 2.